The highest BCUT2D eigenvalue weighted by atomic mass is 16.3. The normalized spacial score (nSPS) is 12.7. The molecule has 0 amide bonds. The molecule has 3 heterocycles. The van der Waals surface area contributed by atoms with Crippen LogP contribution in [-0.4, -0.2) is 24.6 Å². The fourth-order valence-corrected chi connectivity index (χ4v) is 3.35. The Morgan fingerprint density at radius 1 is 0.769 bits per heavy atom. The molecule has 1 atom stereocenters. The van der Waals surface area contributed by atoms with E-state index in [-0.39, 0.29) is 0 Å². The highest BCUT2D eigenvalue weighted by Crippen LogP contribution is 2.42. The standard InChI is InChI=1S/C21H18N4O/c26-21(18-8-4-10-22-14-18,19-9-5-11-23-15-19)20(25-13-12-24-16-25)17-6-2-1-3-7-17/h1-16,20,26H. The summed E-state index contributed by atoms with van der Waals surface area (Å²) in [6.45, 7) is 0. The van der Waals surface area contributed by atoms with Gasteiger partial charge in [0.05, 0.1) is 12.4 Å². The first-order chi connectivity index (χ1) is 12.8. The van der Waals surface area contributed by atoms with E-state index in [1.165, 1.54) is 0 Å². The molecule has 0 saturated carbocycles. The Morgan fingerprint density at radius 2 is 1.42 bits per heavy atom. The zero-order chi connectivity index (χ0) is 17.8. The number of aromatic nitrogens is 4. The molecule has 5 nitrogen and oxygen atoms in total. The number of imidazole rings is 1. The van der Waals surface area contributed by atoms with Crippen molar-refractivity contribution < 1.29 is 5.11 Å². The van der Waals surface area contributed by atoms with Gasteiger partial charge in [-0.05, 0) is 17.7 Å². The van der Waals surface area contributed by atoms with Crippen LogP contribution in [0.2, 0.25) is 0 Å². The summed E-state index contributed by atoms with van der Waals surface area (Å²) in [6.07, 6.45) is 12.1. The Labute approximate surface area is 151 Å². The Bertz CT molecular complexity index is 902. The number of hydrogen-bond donors (Lipinski definition) is 1. The maximum Gasteiger partial charge on any atom is 0.142 e. The van der Waals surface area contributed by atoms with Crippen LogP contribution in [0.5, 0.6) is 0 Å². The van der Waals surface area contributed by atoms with Gasteiger partial charge in [0.1, 0.15) is 5.60 Å². The van der Waals surface area contributed by atoms with Crippen molar-refractivity contribution in [3.05, 3.63) is 115 Å². The summed E-state index contributed by atoms with van der Waals surface area (Å²) in [5.41, 5.74) is 0.969. The van der Waals surface area contributed by atoms with E-state index in [9.17, 15) is 5.11 Å². The van der Waals surface area contributed by atoms with Crippen LogP contribution in [0.4, 0.5) is 0 Å². The SMILES string of the molecule is OC(c1cccnc1)(c1cccnc1)C(c1ccccc1)n1ccnc1. The van der Waals surface area contributed by atoms with E-state index in [1.807, 2.05) is 65.4 Å². The largest absolute Gasteiger partial charge is 0.378 e. The molecule has 0 spiro atoms. The first-order valence-electron chi connectivity index (χ1n) is 8.36. The molecule has 1 unspecified atom stereocenters. The maximum absolute atomic E-state index is 12.1. The van der Waals surface area contributed by atoms with Crippen LogP contribution in [0, 0.1) is 0 Å². The summed E-state index contributed by atoms with van der Waals surface area (Å²) in [7, 11) is 0. The number of hydrogen-bond acceptors (Lipinski definition) is 4. The predicted molar refractivity (Wildman–Crippen MR) is 98.3 cm³/mol. The van der Waals surface area contributed by atoms with Crippen molar-refractivity contribution in [1.82, 2.24) is 19.5 Å². The lowest BCUT2D eigenvalue weighted by molar-refractivity contribution is 0.0375. The quantitative estimate of drug-likeness (QED) is 0.605. The summed E-state index contributed by atoms with van der Waals surface area (Å²) >= 11 is 0. The third kappa shape index (κ3) is 2.78. The second-order valence-corrected chi connectivity index (χ2v) is 6.07. The molecule has 0 radical (unpaired) electrons. The maximum atomic E-state index is 12.1. The molecule has 3 aromatic heterocycles. The summed E-state index contributed by atoms with van der Waals surface area (Å²) in [6, 6.07) is 16.9. The van der Waals surface area contributed by atoms with Gasteiger partial charge >= 0.3 is 0 Å². The summed E-state index contributed by atoms with van der Waals surface area (Å²) in [5.74, 6) is 0. The van der Waals surface area contributed by atoms with Gasteiger partial charge in [-0.15, -0.1) is 0 Å². The van der Waals surface area contributed by atoms with Gasteiger partial charge in [-0.25, -0.2) is 4.98 Å². The van der Waals surface area contributed by atoms with Gasteiger partial charge in [0.2, 0.25) is 0 Å². The van der Waals surface area contributed by atoms with Gasteiger partial charge in [-0.2, -0.15) is 0 Å². The van der Waals surface area contributed by atoms with Crippen molar-refractivity contribution in [2.75, 3.05) is 0 Å². The topological polar surface area (TPSA) is 63.8 Å². The average Bonchev–Trinajstić information content (AvgIpc) is 3.24. The molecule has 4 aromatic rings. The molecule has 0 aliphatic carbocycles. The predicted octanol–water partition coefficient (Wildman–Crippen LogP) is 3.20. The molecule has 4 rings (SSSR count). The van der Waals surface area contributed by atoms with E-state index in [0.717, 1.165) is 5.56 Å². The van der Waals surface area contributed by atoms with Gasteiger partial charge in [0.15, 0.2) is 0 Å². The molecule has 0 bridgehead atoms. The van der Waals surface area contributed by atoms with Crippen molar-refractivity contribution in [2.24, 2.45) is 0 Å². The second-order valence-electron chi connectivity index (χ2n) is 6.07. The minimum atomic E-state index is -1.37. The lowest BCUT2D eigenvalue weighted by Gasteiger charge is -2.37. The third-order valence-electron chi connectivity index (χ3n) is 4.54. The number of nitrogens with zero attached hydrogens (tertiary/aromatic N) is 4. The third-order valence-corrected chi connectivity index (χ3v) is 4.54. The van der Waals surface area contributed by atoms with E-state index in [1.54, 1.807) is 37.3 Å². The van der Waals surface area contributed by atoms with Crippen LogP contribution in [0.1, 0.15) is 22.7 Å². The molecule has 5 heteroatoms. The molecular weight excluding hydrogens is 324 g/mol. The van der Waals surface area contributed by atoms with Crippen LogP contribution in [0.15, 0.2) is 98.1 Å². The Morgan fingerprint density at radius 3 is 1.92 bits per heavy atom. The number of benzene rings is 1. The van der Waals surface area contributed by atoms with Gasteiger partial charge in [-0.3, -0.25) is 9.97 Å². The molecule has 0 aliphatic rings. The van der Waals surface area contributed by atoms with Gasteiger partial charge < -0.3 is 9.67 Å². The van der Waals surface area contributed by atoms with Crippen LogP contribution in [0.3, 0.4) is 0 Å². The van der Waals surface area contributed by atoms with E-state index < -0.39 is 11.6 Å². The molecule has 128 valence electrons. The molecule has 0 saturated heterocycles. The Balaban J connectivity index is 2.00. The van der Waals surface area contributed by atoms with Gasteiger partial charge in [0, 0.05) is 48.3 Å². The summed E-state index contributed by atoms with van der Waals surface area (Å²) in [4.78, 5) is 12.6. The van der Waals surface area contributed by atoms with Crippen LogP contribution < -0.4 is 0 Å². The first kappa shape index (κ1) is 16.2. The van der Waals surface area contributed by atoms with Crippen molar-refractivity contribution in [1.29, 1.82) is 0 Å². The average molecular weight is 342 g/mol. The highest BCUT2D eigenvalue weighted by Gasteiger charge is 2.42. The van der Waals surface area contributed by atoms with Crippen molar-refractivity contribution in [2.45, 2.75) is 11.6 Å². The van der Waals surface area contributed by atoms with Crippen LogP contribution in [-0.2, 0) is 5.60 Å². The van der Waals surface area contributed by atoms with E-state index >= 15 is 0 Å². The Hall–Kier alpha value is -3.31. The van der Waals surface area contributed by atoms with Crippen molar-refractivity contribution >= 4 is 0 Å². The van der Waals surface area contributed by atoms with E-state index in [4.69, 9.17) is 0 Å². The molecule has 0 aliphatic heterocycles. The molecular formula is C21H18N4O. The number of pyridine rings is 2. The monoisotopic (exact) mass is 342 g/mol. The Kier molecular flexibility index (Phi) is 4.29. The van der Waals surface area contributed by atoms with E-state index in [2.05, 4.69) is 15.0 Å². The van der Waals surface area contributed by atoms with Crippen LogP contribution in [0.25, 0.3) is 0 Å². The summed E-state index contributed by atoms with van der Waals surface area (Å²) in [5, 5.41) is 12.1. The van der Waals surface area contributed by atoms with Gasteiger partial charge in [-0.1, -0.05) is 42.5 Å². The molecule has 1 aromatic carbocycles. The zero-order valence-corrected chi connectivity index (χ0v) is 14.1. The minimum Gasteiger partial charge on any atom is -0.378 e. The van der Waals surface area contributed by atoms with Gasteiger partial charge in [0.25, 0.3) is 0 Å². The molecule has 26 heavy (non-hydrogen) atoms. The van der Waals surface area contributed by atoms with Crippen molar-refractivity contribution in [3.63, 3.8) is 0 Å². The highest BCUT2D eigenvalue weighted by molar-refractivity contribution is 5.40. The summed E-state index contributed by atoms with van der Waals surface area (Å²) < 4.78 is 1.91. The second kappa shape index (κ2) is 6.90. The number of aliphatic hydroxyl groups is 1. The fraction of sp³-hybridized carbons (Fsp3) is 0.0952. The molecule has 1 N–H and O–H groups in total. The lowest BCUT2D eigenvalue weighted by atomic mass is 9.78. The fourth-order valence-electron chi connectivity index (χ4n) is 3.35. The molecule has 0 fully saturated rings. The van der Waals surface area contributed by atoms with E-state index in [0.29, 0.717) is 11.1 Å². The zero-order valence-electron chi connectivity index (χ0n) is 14.1. The minimum absolute atomic E-state index is 0.431. The lowest BCUT2D eigenvalue weighted by Crippen LogP contribution is -2.38. The first-order valence-corrected chi connectivity index (χ1v) is 8.36. The number of rotatable bonds is 5. The van der Waals surface area contributed by atoms with Crippen molar-refractivity contribution in [3.8, 4) is 0 Å². The smallest absolute Gasteiger partial charge is 0.142 e. The van der Waals surface area contributed by atoms with Crippen LogP contribution >= 0.6 is 0 Å².